The Morgan fingerprint density at radius 2 is 2.07 bits per heavy atom. The van der Waals surface area contributed by atoms with E-state index in [0.29, 0.717) is 39.3 Å². The molecule has 146 valence electrons. The maximum atomic E-state index is 13.8. The summed E-state index contributed by atoms with van der Waals surface area (Å²) in [5.74, 6) is -0.870. The zero-order valence-electron chi connectivity index (χ0n) is 15.3. The molecule has 9 heteroatoms. The molecule has 0 aliphatic rings. The summed E-state index contributed by atoms with van der Waals surface area (Å²) < 4.78 is 32.9. The van der Waals surface area contributed by atoms with E-state index in [9.17, 15) is 13.6 Å². The number of hydrogen-bond donors (Lipinski definition) is 1. The Balaban J connectivity index is 1.86. The number of hydrogen-bond acceptors (Lipinski definition) is 5. The molecule has 0 spiro atoms. The van der Waals surface area contributed by atoms with Crippen molar-refractivity contribution in [3.05, 3.63) is 58.7 Å². The van der Waals surface area contributed by atoms with Gasteiger partial charge in [-0.25, -0.2) is 18.7 Å². The molecular weight excluding hydrogens is 402 g/mol. The molecule has 1 N–H and O–H groups in total. The van der Waals surface area contributed by atoms with Gasteiger partial charge in [0, 0.05) is 18.6 Å². The van der Waals surface area contributed by atoms with Crippen molar-refractivity contribution in [3.63, 3.8) is 0 Å². The normalized spacial score (nSPS) is 12.5. The number of oxazole rings is 1. The van der Waals surface area contributed by atoms with E-state index in [1.165, 1.54) is 12.4 Å². The van der Waals surface area contributed by atoms with E-state index in [-0.39, 0.29) is 5.82 Å². The van der Waals surface area contributed by atoms with Crippen LogP contribution in [0.2, 0.25) is 5.02 Å². The van der Waals surface area contributed by atoms with E-state index >= 15 is 0 Å². The summed E-state index contributed by atoms with van der Waals surface area (Å²) in [7, 11) is 0. The fourth-order valence-corrected chi connectivity index (χ4v) is 2.80. The molecule has 1 amide bonds. The summed E-state index contributed by atoms with van der Waals surface area (Å²) in [6.45, 7) is 2.66. The van der Waals surface area contributed by atoms with Crippen LogP contribution in [0.25, 0.3) is 22.4 Å². The maximum absolute atomic E-state index is 13.8. The Labute approximate surface area is 169 Å². The molecule has 0 saturated carbocycles. The zero-order valence-corrected chi connectivity index (χ0v) is 16.0. The highest BCUT2D eigenvalue weighted by molar-refractivity contribution is 6.34. The van der Waals surface area contributed by atoms with Gasteiger partial charge in [-0.05, 0) is 19.1 Å². The number of nitrogens with zero attached hydrogens (tertiary/aromatic N) is 3. The number of terminal acetylenes is 1. The molecule has 0 radical (unpaired) electrons. The van der Waals surface area contributed by atoms with Crippen LogP contribution in [0.3, 0.4) is 0 Å². The fraction of sp³-hybridized carbons (Fsp3) is 0.100. The smallest absolute Gasteiger partial charge is 0.262 e. The van der Waals surface area contributed by atoms with Gasteiger partial charge in [0.05, 0.1) is 23.1 Å². The first kappa shape index (κ1) is 20.2. The van der Waals surface area contributed by atoms with Gasteiger partial charge >= 0.3 is 0 Å². The molecule has 0 aliphatic carbocycles. The van der Waals surface area contributed by atoms with E-state index in [1.54, 1.807) is 19.1 Å². The third-order valence-electron chi connectivity index (χ3n) is 3.77. The van der Waals surface area contributed by atoms with Crippen LogP contribution in [-0.4, -0.2) is 20.9 Å². The Hall–Kier alpha value is -3.57. The molecule has 0 aliphatic heterocycles. The van der Waals surface area contributed by atoms with Gasteiger partial charge in [0.15, 0.2) is 17.3 Å². The number of nitrogens with one attached hydrogen (secondary N) is 1. The summed E-state index contributed by atoms with van der Waals surface area (Å²) in [6, 6.07) is 3.31. The largest absolute Gasteiger partial charge is 0.441 e. The molecule has 3 aromatic rings. The fourth-order valence-electron chi connectivity index (χ4n) is 2.55. The molecular formula is C20H13ClF2N4O2. The third kappa shape index (κ3) is 4.31. The van der Waals surface area contributed by atoms with Crippen LogP contribution in [0.5, 0.6) is 0 Å². The number of aromatic nitrogens is 3. The van der Waals surface area contributed by atoms with Gasteiger partial charge in [0.25, 0.3) is 5.91 Å². The topological polar surface area (TPSA) is 80.9 Å². The molecule has 2 heterocycles. The summed E-state index contributed by atoms with van der Waals surface area (Å²) in [5, 5.41) is 2.65. The molecule has 0 bridgehead atoms. The first-order valence-electron chi connectivity index (χ1n) is 8.19. The number of amides is 1. The predicted octanol–water partition coefficient (Wildman–Crippen LogP) is 4.92. The second kappa shape index (κ2) is 8.20. The second-order valence-corrected chi connectivity index (χ2v) is 6.25. The third-order valence-corrected chi connectivity index (χ3v) is 4.09. The molecule has 0 fully saturated rings. The highest BCUT2D eigenvalue weighted by Crippen LogP contribution is 2.31. The minimum Gasteiger partial charge on any atom is -0.441 e. The van der Waals surface area contributed by atoms with Gasteiger partial charge in [-0.1, -0.05) is 17.5 Å². The van der Waals surface area contributed by atoms with E-state index in [2.05, 4.69) is 20.3 Å². The molecule has 0 unspecified atom stereocenters. The van der Waals surface area contributed by atoms with Crippen LogP contribution in [-0.2, 0) is 4.79 Å². The first-order chi connectivity index (χ1) is 13.8. The maximum Gasteiger partial charge on any atom is 0.262 e. The second-order valence-electron chi connectivity index (χ2n) is 5.84. The average Bonchev–Trinajstić information content (AvgIpc) is 3.00. The lowest BCUT2D eigenvalue weighted by Crippen LogP contribution is -2.17. The van der Waals surface area contributed by atoms with Gasteiger partial charge < -0.3 is 9.73 Å². The van der Waals surface area contributed by atoms with Crippen LogP contribution in [0.15, 0.2) is 52.2 Å². The Bertz CT molecular complexity index is 1200. The molecule has 2 aromatic heterocycles. The monoisotopic (exact) mass is 414 g/mol. The number of anilines is 1. The van der Waals surface area contributed by atoms with Gasteiger partial charge in [0.1, 0.15) is 22.7 Å². The van der Waals surface area contributed by atoms with Crippen molar-refractivity contribution in [1.29, 1.82) is 0 Å². The van der Waals surface area contributed by atoms with Crippen LogP contribution in [0.4, 0.5) is 14.6 Å². The highest BCUT2D eigenvalue weighted by atomic mass is 35.5. The SMILES string of the molecule is C#C/C=C(F)\C(C(=O)Nc1cnc(-c2cc3oc(C)nc3cc2Cl)cn1)=C(/C)F. The summed E-state index contributed by atoms with van der Waals surface area (Å²) in [6.07, 6.45) is 8.18. The van der Waals surface area contributed by atoms with E-state index < -0.39 is 23.1 Å². The van der Waals surface area contributed by atoms with Gasteiger partial charge in [0.2, 0.25) is 0 Å². The van der Waals surface area contributed by atoms with Gasteiger partial charge in [-0.15, -0.1) is 6.42 Å². The Kier molecular flexibility index (Phi) is 5.71. The van der Waals surface area contributed by atoms with Crippen LogP contribution >= 0.6 is 11.6 Å². The molecule has 0 saturated heterocycles. The number of carbonyl (C=O) groups is 1. The molecule has 3 rings (SSSR count). The Morgan fingerprint density at radius 1 is 1.31 bits per heavy atom. The number of rotatable bonds is 4. The van der Waals surface area contributed by atoms with E-state index in [1.807, 2.05) is 5.92 Å². The number of allylic oxidation sites excluding steroid dienone is 2. The van der Waals surface area contributed by atoms with Crippen molar-refractivity contribution in [2.75, 3.05) is 5.32 Å². The van der Waals surface area contributed by atoms with Crippen molar-refractivity contribution in [1.82, 2.24) is 15.0 Å². The number of halogens is 3. The predicted molar refractivity (Wildman–Crippen MR) is 105 cm³/mol. The van der Waals surface area contributed by atoms with Crippen molar-refractivity contribution in [2.45, 2.75) is 13.8 Å². The number of benzene rings is 1. The van der Waals surface area contributed by atoms with Crippen molar-refractivity contribution < 1.29 is 18.0 Å². The number of carbonyl (C=O) groups excluding carboxylic acids is 1. The summed E-state index contributed by atoms with van der Waals surface area (Å²) in [4.78, 5) is 24.6. The minimum absolute atomic E-state index is 0.0151. The van der Waals surface area contributed by atoms with Crippen LogP contribution in [0, 0.1) is 19.3 Å². The van der Waals surface area contributed by atoms with Crippen molar-refractivity contribution in [3.8, 4) is 23.6 Å². The molecule has 0 atom stereocenters. The zero-order chi connectivity index (χ0) is 21.1. The lowest BCUT2D eigenvalue weighted by molar-refractivity contribution is -0.112. The first-order valence-corrected chi connectivity index (χ1v) is 8.57. The minimum atomic E-state index is -1.17. The van der Waals surface area contributed by atoms with Crippen LogP contribution in [0.1, 0.15) is 12.8 Å². The Morgan fingerprint density at radius 3 is 2.69 bits per heavy atom. The summed E-state index contributed by atoms with van der Waals surface area (Å²) >= 11 is 6.28. The molecule has 29 heavy (non-hydrogen) atoms. The number of fused-ring (bicyclic) bond motifs is 1. The van der Waals surface area contributed by atoms with Crippen molar-refractivity contribution >= 4 is 34.4 Å². The lowest BCUT2D eigenvalue weighted by atomic mass is 10.1. The molecule has 6 nitrogen and oxygen atoms in total. The van der Waals surface area contributed by atoms with Crippen LogP contribution < -0.4 is 5.32 Å². The lowest BCUT2D eigenvalue weighted by Gasteiger charge is -2.08. The van der Waals surface area contributed by atoms with Gasteiger partial charge in [-0.3, -0.25) is 9.78 Å². The van der Waals surface area contributed by atoms with Gasteiger partial charge in [-0.2, -0.15) is 0 Å². The quantitative estimate of drug-likeness (QED) is 0.372. The standard InChI is InChI=1S/C20H13ClF2N4O2/c1-4-5-14(23)19(10(2)22)20(28)27-18-9-24-16(8-25-18)12-6-17-15(7-13(12)21)26-11(3)29-17/h1,5-9H,2-3H3,(H,25,27,28)/b14-5+,19-10-. The summed E-state index contributed by atoms with van der Waals surface area (Å²) in [5.41, 5.74) is 1.27. The highest BCUT2D eigenvalue weighted by Gasteiger charge is 2.19. The average molecular weight is 415 g/mol. The van der Waals surface area contributed by atoms with E-state index in [0.717, 1.165) is 6.92 Å². The van der Waals surface area contributed by atoms with Crippen molar-refractivity contribution in [2.24, 2.45) is 0 Å². The number of aryl methyl sites for hydroxylation is 1. The molecule has 1 aromatic carbocycles. The van der Waals surface area contributed by atoms with E-state index in [4.69, 9.17) is 22.4 Å².